The Balaban J connectivity index is 1.78. The van der Waals surface area contributed by atoms with Crippen molar-refractivity contribution in [3.05, 3.63) is 82.4 Å². The summed E-state index contributed by atoms with van der Waals surface area (Å²) in [6.07, 6.45) is -6.04. The molecule has 7 nitrogen and oxygen atoms in total. The fraction of sp³-hybridized carbons (Fsp3) is 0.174. The minimum atomic E-state index is -4.95. The second-order valence-corrected chi connectivity index (χ2v) is 10.1. The van der Waals surface area contributed by atoms with Crippen molar-refractivity contribution in [2.75, 3.05) is 22.8 Å². The van der Waals surface area contributed by atoms with Gasteiger partial charge in [-0.2, -0.15) is 13.2 Å². The Labute approximate surface area is 212 Å². The first kappa shape index (κ1) is 26.6. The van der Waals surface area contributed by atoms with Crippen LogP contribution < -0.4 is 14.4 Å². The third kappa shape index (κ3) is 5.20. The molecule has 0 radical (unpaired) electrons. The highest BCUT2D eigenvalue weighted by Gasteiger charge is 2.38. The molecule has 0 saturated carbocycles. The Morgan fingerprint density at radius 2 is 1.81 bits per heavy atom. The summed E-state index contributed by atoms with van der Waals surface area (Å²) in [6.45, 7) is -1.08. The third-order valence-corrected chi connectivity index (χ3v) is 7.49. The SMILES string of the molecule is O=C(Nc1cc2c(cc1F)O[C@@H](CO)CN2S(=O)(=O)c1ccc(F)cc1)c1c(Cl)cccc1C(F)(F)F. The first-order valence-electron chi connectivity index (χ1n) is 10.4. The summed E-state index contributed by atoms with van der Waals surface area (Å²) in [5, 5.41) is 11.0. The number of benzene rings is 3. The van der Waals surface area contributed by atoms with Crippen LogP contribution in [0, 0.1) is 11.6 Å². The van der Waals surface area contributed by atoms with Crippen LogP contribution in [0.25, 0.3) is 0 Å². The quantitative estimate of drug-likeness (QED) is 0.434. The molecule has 1 heterocycles. The molecule has 0 spiro atoms. The zero-order valence-electron chi connectivity index (χ0n) is 18.4. The largest absolute Gasteiger partial charge is 0.484 e. The monoisotopic (exact) mass is 562 g/mol. The van der Waals surface area contributed by atoms with E-state index in [1.165, 1.54) is 0 Å². The average Bonchev–Trinajstić information content (AvgIpc) is 2.83. The molecule has 0 unspecified atom stereocenters. The molecule has 3 aromatic carbocycles. The van der Waals surface area contributed by atoms with Crippen LogP contribution in [0.15, 0.2) is 59.5 Å². The molecule has 0 saturated heterocycles. The van der Waals surface area contributed by atoms with Crippen molar-refractivity contribution in [3.8, 4) is 5.75 Å². The zero-order valence-corrected chi connectivity index (χ0v) is 20.0. The van der Waals surface area contributed by atoms with Gasteiger partial charge >= 0.3 is 6.18 Å². The summed E-state index contributed by atoms with van der Waals surface area (Å²) in [6, 6.07) is 8.07. The smallest absolute Gasteiger partial charge is 0.417 e. The molecule has 14 heteroatoms. The number of alkyl halides is 3. The number of carbonyl (C=O) groups is 1. The van der Waals surface area contributed by atoms with E-state index in [9.17, 15) is 40.3 Å². The van der Waals surface area contributed by atoms with Crippen molar-refractivity contribution in [1.82, 2.24) is 0 Å². The summed E-state index contributed by atoms with van der Waals surface area (Å²) < 4.78 is 101. The molecule has 0 fully saturated rings. The highest BCUT2D eigenvalue weighted by molar-refractivity contribution is 7.92. The molecule has 0 bridgehead atoms. The highest BCUT2D eigenvalue weighted by Crippen LogP contribution is 2.41. The maximum Gasteiger partial charge on any atom is 0.417 e. The Hall–Kier alpha value is -3.42. The second-order valence-electron chi connectivity index (χ2n) is 7.83. The Bertz CT molecular complexity index is 1470. The van der Waals surface area contributed by atoms with Gasteiger partial charge in [-0.3, -0.25) is 9.10 Å². The lowest BCUT2D eigenvalue weighted by Gasteiger charge is -2.35. The highest BCUT2D eigenvalue weighted by atomic mass is 35.5. The molecule has 0 aliphatic carbocycles. The van der Waals surface area contributed by atoms with E-state index in [2.05, 4.69) is 0 Å². The van der Waals surface area contributed by atoms with Gasteiger partial charge in [-0.25, -0.2) is 17.2 Å². The van der Waals surface area contributed by atoms with Crippen LogP contribution in [-0.4, -0.2) is 38.7 Å². The molecule has 2 N–H and O–H groups in total. The first-order valence-corrected chi connectivity index (χ1v) is 12.2. The molecule has 4 rings (SSSR count). The Morgan fingerprint density at radius 1 is 1.14 bits per heavy atom. The summed E-state index contributed by atoms with van der Waals surface area (Å²) in [4.78, 5) is 12.4. The number of hydrogen-bond donors (Lipinski definition) is 2. The van der Waals surface area contributed by atoms with Crippen LogP contribution in [0.4, 0.5) is 33.3 Å². The topological polar surface area (TPSA) is 95.9 Å². The minimum Gasteiger partial charge on any atom is -0.484 e. The van der Waals surface area contributed by atoms with Crippen molar-refractivity contribution in [1.29, 1.82) is 0 Å². The van der Waals surface area contributed by atoms with E-state index in [0.29, 0.717) is 6.07 Å². The number of aliphatic hydroxyl groups excluding tert-OH is 1. The van der Waals surface area contributed by atoms with Gasteiger partial charge in [-0.15, -0.1) is 0 Å². The third-order valence-electron chi connectivity index (χ3n) is 5.38. The maximum absolute atomic E-state index is 14.9. The predicted octanol–water partition coefficient (Wildman–Crippen LogP) is 4.84. The van der Waals surface area contributed by atoms with Crippen LogP contribution >= 0.6 is 11.6 Å². The van der Waals surface area contributed by atoms with E-state index in [1.807, 2.05) is 5.32 Å². The molecule has 1 amide bonds. The normalized spacial score (nSPS) is 15.6. The average molecular weight is 563 g/mol. The lowest BCUT2D eigenvalue weighted by Crippen LogP contribution is -2.45. The Morgan fingerprint density at radius 3 is 2.43 bits per heavy atom. The molecule has 1 atom stereocenters. The van der Waals surface area contributed by atoms with Crippen LogP contribution in [-0.2, 0) is 16.2 Å². The molecule has 3 aromatic rings. The van der Waals surface area contributed by atoms with Crippen molar-refractivity contribution < 1.29 is 45.0 Å². The summed E-state index contributed by atoms with van der Waals surface area (Å²) >= 11 is 5.83. The number of halogens is 6. The van der Waals surface area contributed by atoms with E-state index in [0.717, 1.165) is 52.8 Å². The number of amides is 1. The fourth-order valence-electron chi connectivity index (χ4n) is 3.66. The van der Waals surface area contributed by atoms with Crippen molar-refractivity contribution in [2.24, 2.45) is 0 Å². The molecule has 0 aromatic heterocycles. The van der Waals surface area contributed by atoms with Gasteiger partial charge in [0.05, 0.1) is 45.6 Å². The molecule has 1 aliphatic rings. The number of sulfonamides is 1. The van der Waals surface area contributed by atoms with Crippen LogP contribution in [0.1, 0.15) is 15.9 Å². The number of nitrogens with one attached hydrogen (secondary N) is 1. The second kappa shape index (κ2) is 9.80. The number of nitrogens with zero attached hydrogens (tertiary/aromatic N) is 1. The number of aliphatic hydroxyl groups is 1. The number of rotatable bonds is 5. The summed E-state index contributed by atoms with van der Waals surface area (Å²) in [5.74, 6) is -3.57. The molecular formula is C23H16ClF5N2O5S. The first-order chi connectivity index (χ1) is 17.3. The maximum atomic E-state index is 14.9. The van der Waals surface area contributed by atoms with E-state index < -0.39 is 74.8 Å². The van der Waals surface area contributed by atoms with Gasteiger partial charge in [0.15, 0.2) is 5.82 Å². The van der Waals surface area contributed by atoms with Gasteiger partial charge in [0.2, 0.25) is 0 Å². The lowest BCUT2D eigenvalue weighted by atomic mass is 10.1. The van der Waals surface area contributed by atoms with Crippen molar-refractivity contribution >= 4 is 38.9 Å². The zero-order chi connectivity index (χ0) is 27.1. The van der Waals surface area contributed by atoms with Crippen molar-refractivity contribution in [2.45, 2.75) is 17.2 Å². The number of fused-ring (bicyclic) bond motifs is 1. The van der Waals surface area contributed by atoms with Crippen LogP contribution in [0.2, 0.25) is 5.02 Å². The van der Waals surface area contributed by atoms with E-state index >= 15 is 0 Å². The fourth-order valence-corrected chi connectivity index (χ4v) is 5.42. The van der Waals surface area contributed by atoms with Crippen LogP contribution in [0.3, 0.4) is 0 Å². The van der Waals surface area contributed by atoms with Crippen LogP contribution in [0.5, 0.6) is 5.75 Å². The van der Waals surface area contributed by atoms with Gasteiger partial charge in [0.1, 0.15) is 17.7 Å². The standard InChI is InChI=1S/C23H16ClF5N2O5S/c24-16-3-1-2-15(23(27,28)29)21(16)22(33)30-18-9-19-20(8-17(18)26)36-13(11-32)10-31(19)37(34,35)14-6-4-12(25)5-7-14/h1-9,13,32H,10-11H2,(H,30,33)/t13-/m1/s1. The van der Waals surface area contributed by atoms with Gasteiger partial charge in [-0.1, -0.05) is 17.7 Å². The molecule has 1 aliphatic heterocycles. The van der Waals surface area contributed by atoms with E-state index in [-0.39, 0.29) is 16.3 Å². The number of ether oxygens (including phenoxy) is 1. The van der Waals surface area contributed by atoms with E-state index in [4.69, 9.17) is 16.3 Å². The lowest BCUT2D eigenvalue weighted by molar-refractivity contribution is -0.137. The van der Waals surface area contributed by atoms with Gasteiger partial charge in [0.25, 0.3) is 15.9 Å². The molecule has 37 heavy (non-hydrogen) atoms. The summed E-state index contributed by atoms with van der Waals surface area (Å²) in [5.41, 5.74) is -3.25. The number of hydrogen-bond acceptors (Lipinski definition) is 5. The number of carbonyl (C=O) groups excluding carboxylic acids is 1. The van der Waals surface area contributed by atoms with Gasteiger partial charge in [0, 0.05) is 6.07 Å². The van der Waals surface area contributed by atoms with E-state index in [1.54, 1.807) is 0 Å². The van der Waals surface area contributed by atoms with Gasteiger partial charge in [-0.05, 0) is 42.5 Å². The minimum absolute atomic E-state index is 0.277. The predicted molar refractivity (Wildman–Crippen MR) is 123 cm³/mol. The Kier molecular flexibility index (Phi) is 7.06. The number of anilines is 2. The van der Waals surface area contributed by atoms with Gasteiger partial charge < -0.3 is 15.2 Å². The molecule has 196 valence electrons. The molecular weight excluding hydrogens is 547 g/mol. The summed E-state index contributed by atoms with van der Waals surface area (Å²) in [7, 11) is -4.41. The van der Waals surface area contributed by atoms with Crippen molar-refractivity contribution in [3.63, 3.8) is 0 Å².